The number of rotatable bonds is 4. The summed E-state index contributed by atoms with van der Waals surface area (Å²) < 4.78 is 1.44. The molecule has 1 amide bonds. The zero-order valence-electron chi connectivity index (χ0n) is 13.7. The second kappa shape index (κ2) is 5.40. The molecule has 1 aromatic heterocycles. The van der Waals surface area contributed by atoms with Crippen molar-refractivity contribution in [1.82, 2.24) is 20.1 Å². The SMILES string of the molecule is C[C@@H](Sc1n[nH]c(=O)n1C)C(=O)NC12CC3CC(CC(C3)C1)C2. The summed E-state index contributed by atoms with van der Waals surface area (Å²) in [6, 6.07) is 0. The Morgan fingerprint density at radius 1 is 1.30 bits per heavy atom. The lowest BCUT2D eigenvalue weighted by atomic mass is 9.53. The fourth-order valence-electron chi connectivity index (χ4n) is 5.28. The van der Waals surface area contributed by atoms with Gasteiger partial charge < -0.3 is 5.32 Å². The Balaban J connectivity index is 1.43. The third-order valence-corrected chi connectivity index (χ3v) is 7.06. The average Bonchev–Trinajstić information content (AvgIpc) is 2.77. The van der Waals surface area contributed by atoms with Gasteiger partial charge in [0.2, 0.25) is 5.91 Å². The van der Waals surface area contributed by atoms with Gasteiger partial charge >= 0.3 is 5.69 Å². The lowest BCUT2D eigenvalue weighted by molar-refractivity contribution is -0.126. The number of carbonyl (C=O) groups is 1. The maximum atomic E-state index is 12.7. The predicted octanol–water partition coefficient (Wildman–Crippen LogP) is 1.67. The fourth-order valence-corrected chi connectivity index (χ4v) is 6.10. The summed E-state index contributed by atoms with van der Waals surface area (Å²) in [4.78, 5) is 24.1. The van der Waals surface area contributed by atoms with Crippen molar-refractivity contribution in [3.8, 4) is 0 Å². The third kappa shape index (κ3) is 2.73. The quantitative estimate of drug-likeness (QED) is 0.820. The largest absolute Gasteiger partial charge is 0.350 e. The monoisotopic (exact) mass is 336 g/mol. The van der Waals surface area contributed by atoms with E-state index in [2.05, 4.69) is 15.5 Å². The number of aromatic nitrogens is 3. The number of thioether (sulfide) groups is 1. The minimum atomic E-state index is -0.253. The lowest BCUT2D eigenvalue weighted by Gasteiger charge is -2.57. The maximum Gasteiger partial charge on any atom is 0.343 e. The van der Waals surface area contributed by atoms with Gasteiger partial charge in [0, 0.05) is 12.6 Å². The van der Waals surface area contributed by atoms with Crippen LogP contribution in [0.15, 0.2) is 9.95 Å². The standard InChI is InChI=1S/C16H24N4O2S/c1-9(23-15-19-18-14(22)20(15)2)13(21)17-16-6-10-3-11(7-16)5-12(4-10)8-16/h9-12H,3-8H2,1-2H3,(H,17,21)(H,18,22)/t9-,10?,11?,12?,16?/m1/s1. The highest BCUT2D eigenvalue weighted by molar-refractivity contribution is 8.00. The van der Waals surface area contributed by atoms with Crippen molar-refractivity contribution in [2.45, 2.75) is 61.4 Å². The second-order valence-corrected chi connectivity index (χ2v) is 9.13. The molecule has 4 aliphatic carbocycles. The number of H-pyrrole nitrogens is 1. The summed E-state index contributed by atoms with van der Waals surface area (Å²) in [6.07, 6.45) is 7.58. The summed E-state index contributed by atoms with van der Waals surface area (Å²) in [5.41, 5.74) is -0.209. The molecular weight excluding hydrogens is 312 g/mol. The van der Waals surface area contributed by atoms with E-state index in [4.69, 9.17) is 0 Å². The van der Waals surface area contributed by atoms with Gasteiger partial charge in [-0.25, -0.2) is 9.89 Å². The average molecular weight is 336 g/mol. The van der Waals surface area contributed by atoms with Crippen LogP contribution in [0, 0.1) is 17.8 Å². The van der Waals surface area contributed by atoms with Crippen molar-refractivity contribution in [3.05, 3.63) is 10.5 Å². The van der Waals surface area contributed by atoms with Crippen LogP contribution in [0.25, 0.3) is 0 Å². The molecule has 0 radical (unpaired) electrons. The van der Waals surface area contributed by atoms with E-state index in [1.807, 2.05) is 6.92 Å². The molecule has 4 fully saturated rings. The minimum Gasteiger partial charge on any atom is -0.350 e. The minimum absolute atomic E-state index is 0.0398. The summed E-state index contributed by atoms with van der Waals surface area (Å²) in [5.74, 6) is 2.53. The number of nitrogens with one attached hydrogen (secondary N) is 2. The topological polar surface area (TPSA) is 79.8 Å². The number of hydrogen-bond acceptors (Lipinski definition) is 4. The number of hydrogen-bond donors (Lipinski definition) is 2. The van der Waals surface area contributed by atoms with Crippen LogP contribution in [0.3, 0.4) is 0 Å². The van der Waals surface area contributed by atoms with E-state index in [9.17, 15) is 9.59 Å². The molecular formula is C16H24N4O2S. The van der Waals surface area contributed by atoms with Crippen molar-refractivity contribution in [2.75, 3.05) is 0 Å². The maximum absolute atomic E-state index is 12.7. The number of aromatic amines is 1. The van der Waals surface area contributed by atoms with Crippen LogP contribution >= 0.6 is 11.8 Å². The highest BCUT2D eigenvalue weighted by Crippen LogP contribution is 2.55. The Morgan fingerprint density at radius 3 is 2.35 bits per heavy atom. The van der Waals surface area contributed by atoms with Crippen LogP contribution < -0.4 is 11.0 Å². The fraction of sp³-hybridized carbons (Fsp3) is 0.812. The molecule has 6 nitrogen and oxygen atoms in total. The van der Waals surface area contributed by atoms with E-state index in [1.54, 1.807) is 7.05 Å². The molecule has 4 bridgehead atoms. The third-order valence-electron chi connectivity index (χ3n) is 5.92. The molecule has 0 unspecified atom stereocenters. The van der Waals surface area contributed by atoms with Crippen molar-refractivity contribution >= 4 is 17.7 Å². The van der Waals surface area contributed by atoms with Gasteiger partial charge in [0.1, 0.15) is 0 Å². The molecule has 7 heteroatoms. The van der Waals surface area contributed by atoms with Gasteiger partial charge in [0.15, 0.2) is 5.16 Å². The van der Waals surface area contributed by atoms with Crippen molar-refractivity contribution in [3.63, 3.8) is 0 Å². The smallest absolute Gasteiger partial charge is 0.343 e. The van der Waals surface area contributed by atoms with E-state index >= 15 is 0 Å². The summed E-state index contributed by atoms with van der Waals surface area (Å²) in [6.45, 7) is 1.89. The van der Waals surface area contributed by atoms with E-state index < -0.39 is 0 Å². The Kier molecular flexibility index (Phi) is 3.59. The first-order valence-electron chi connectivity index (χ1n) is 8.54. The molecule has 0 saturated heterocycles. The van der Waals surface area contributed by atoms with Crippen molar-refractivity contribution < 1.29 is 4.79 Å². The lowest BCUT2D eigenvalue weighted by Crippen LogP contribution is -2.60. The molecule has 2 N–H and O–H groups in total. The Labute approximate surface area is 139 Å². The summed E-state index contributed by atoms with van der Waals surface area (Å²) >= 11 is 1.34. The number of amides is 1. The van der Waals surface area contributed by atoms with Crippen molar-refractivity contribution in [2.24, 2.45) is 24.8 Å². The van der Waals surface area contributed by atoms with Gasteiger partial charge in [0.05, 0.1) is 5.25 Å². The van der Waals surface area contributed by atoms with E-state index in [-0.39, 0.29) is 22.4 Å². The Hall–Kier alpha value is -1.24. The Bertz CT molecular complexity index is 645. The van der Waals surface area contributed by atoms with Crippen LogP contribution in [-0.2, 0) is 11.8 Å². The van der Waals surface area contributed by atoms with E-state index in [0.717, 1.165) is 37.0 Å². The number of nitrogens with zero attached hydrogens (tertiary/aromatic N) is 2. The van der Waals surface area contributed by atoms with Crippen LogP contribution in [0.1, 0.15) is 45.4 Å². The van der Waals surface area contributed by atoms with Gasteiger partial charge in [-0.1, -0.05) is 11.8 Å². The first-order chi connectivity index (χ1) is 10.9. The molecule has 126 valence electrons. The zero-order valence-corrected chi connectivity index (χ0v) is 14.5. The summed E-state index contributed by atoms with van der Waals surface area (Å²) in [5, 5.41) is 10.1. The van der Waals surface area contributed by atoms with Gasteiger partial charge in [-0.05, 0) is 63.2 Å². The van der Waals surface area contributed by atoms with Crippen LogP contribution in [0.4, 0.5) is 0 Å². The normalized spacial score (nSPS) is 36.2. The molecule has 23 heavy (non-hydrogen) atoms. The predicted molar refractivity (Wildman–Crippen MR) is 88.2 cm³/mol. The van der Waals surface area contributed by atoms with Gasteiger partial charge in [-0.3, -0.25) is 9.36 Å². The number of carbonyl (C=O) groups excluding carboxylic acids is 1. The van der Waals surface area contributed by atoms with Gasteiger partial charge in [0.25, 0.3) is 0 Å². The molecule has 0 aliphatic heterocycles. The van der Waals surface area contributed by atoms with Crippen molar-refractivity contribution in [1.29, 1.82) is 0 Å². The van der Waals surface area contributed by atoms with E-state index in [0.29, 0.717) is 5.16 Å². The first kappa shape index (κ1) is 15.3. The molecule has 0 aromatic carbocycles. The van der Waals surface area contributed by atoms with Gasteiger partial charge in [-0.2, -0.15) is 0 Å². The second-order valence-electron chi connectivity index (χ2n) is 7.82. The molecule has 0 spiro atoms. The molecule has 5 rings (SSSR count). The highest BCUT2D eigenvalue weighted by atomic mass is 32.2. The molecule has 1 heterocycles. The van der Waals surface area contributed by atoms with Crippen LogP contribution in [0.5, 0.6) is 0 Å². The van der Waals surface area contributed by atoms with Gasteiger partial charge in [-0.15, -0.1) is 5.10 Å². The van der Waals surface area contributed by atoms with Crippen LogP contribution in [-0.4, -0.2) is 31.5 Å². The summed E-state index contributed by atoms with van der Waals surface area (Å²) in [7, 11) is 1.66. The Morgan fingerprint density at radius 2 is 1.87 bits per heavy atom. The molecule has 4 saturated carbocycles. The molecule has 4 aliphatic rings. The van der Waals surface area contributed by atoms with E-state index in [1.165, 1.54) is 35.6 Å². The highest BCUT2D eigenvalue weighted by Gasteiger charge is 2.51. The molecule has 1 atom stereocenters. The van der Waals surface area contributed by atoms with Crippen LogP contribution in [0.2, 0.25) is 0 Å². The zero-order chi connectivity index (χ0) is 16.2. The molecule has 1 aromatic rings. The first-order valence-corrected chi connectivity index (χ1v) is 9.42.